The Morgan fingerprint density at radius 1 is 1.22 bits per heavy atom. The minimum Gasteiger partial charge on any atom is -0.489 e. The van der Waals surface area contributed by atoms with Crippen LogP contribution >= 0.6 is 0 Å². The lowest BCUT2D eigenvalue weighted by Crippen LogP contribution is -2.67. The third-order valence-corrected chi connectivity index (χ3v) is 5.25. The van der Waals surface area contributed by atoms with Gasteiger partial charge < -0.3 is 23.8 Å². The first-order valence-electron chi connectivity index (χ1n) is 9.10. The summed E-state index contributed by atoms with van der Waals surface area (Å²) in [6, 6.07) is 9.06. The van der Waals surface area contributed by atoms with Gasteiger partial charge >= 0.3 is 0 Å². The van der Waals surface area contributed by atoms with E-state index in [9.17, 15) is 4.79 Å². The van der Waals surface area contributed by atoms with Crippen LogP contribution in [0.15, 0.2) is 42.7 Å². The number of hydrogen-bond acceptors (Lipinski definition) is 6. The Labute approximate surface area is 156 Å². The van der Waals surface area contributed by atoms with E-state index in [4.69, 9.17) is 18.9 Å². The van der Waals surface area contributed by atoms with Crippen molar-refractivity contribution < 1.29 is 23.7 Å². The van der Waals surface area contributed by atoms with Crippen molar-refractivity contribution in [3.63, 3.8) is 0 Å². The summed E-state index contributed by atoms with van der Waals surface area (Å²) in [4.78, 5) is 18.7. The summed E-state index contributed by atoms with van der Waals surface area (Å²) in [5, 5.41) is 0. The molecule has 7 heteroatoms. The van der Waals surface area contributed by atoms with Gasteiger partial charge in [-0.05, 0) is 30.3 Å². The van der Waals surface area contributed by atoms with Gasteiger partial charge in [-0.2, -0.15) is 0 Å². The van der Waals surface area contributed by atoms with Crippen LogP contribution in [0, 0.1) is 0 Å². The summed E-state index contributed by atoms with van der Waals surface area (Å²) in [6.45, 7) is 1.99. The van der Waals surface area contributed by atoms with E-state index < -0.39 is 0 Å². The maximum atomic E-state index is 12.8. The first kappa shape index (κ1) is 16.4. The molecule has 1 unspecified atom stereocenters. The van der Waals surface area contributed by atoms with Gasteiger partial charge in [0.25, 0.3) is 5.91 Å². The number of likely N-dealkylation sites (tertiary alicyclic amines) is 1. The van der Waals surface area contributed by atoms with Gasteiger partial charge in [-0.1, -0.05) is 0 Å². The fourth-order valence-electron chi connectivity index (χ4n) is 3.92. The molecule has 1 aromatic carbocycles. The number of pyridine rings is 1. The van der Waals surface area contributed by atoms with Crippen LogP contribution in [0.1, 0.15) is 23.2 Å². The van der Waals surface area contributed by atoms with Crippen LogP contribution in [-0.2, 0) is 4.74 Å². The average molecular weight is 368 g/mol. The van der Waals surface area contributed by atoms with E-state index in [1.165, 1.54) is 0 Å². The monoisotopic (exact) mass is 368 g/mol. The van der Waals surface area contributed by atoms with Crippen LogP contribution < -0.4 is 14.2 Å². The third kappa shape index (κ3) is 3.08. The third-order valence-electron chi connectivity index (χ3n) is 5.25. The van der Waals surface area contributed by atoms with E-state index in [-0.39, 0.29) is 24.4 Å². The second-order valence-electron chi connectivity index (χ2n) is 7.18. The van der Waals surface area contributed by atoms with Gasteiger partial charge in [0.2, 0.25) is 6.79 Å². The van der Waals surface area contributed by atoms with Crippen molar-refractivity contribution >= 4 is 5.91 Å². The average Bonchev–Trinajstić information content (AvgIpc) is 3.14. The van der Waals surface area contributed by atoms with E-state index >= 15 is 0 Å². The zero-order valence-electron chi connectivity index (χ0n) is 14.8. The fraction of sp³-hybridized carbons (Fsp3) is 0.400. The summed E-state index contributed by atoms with van der Waals surface area (Å²) in [6.07, 6.45) is 5.13. The molecule has 2 saturated heterocycles. The molecule has 2 aromatic rings. The molecule has 0 N–H and O–H groups in total. The maximum Gasteiger partial charge on any atom is 0.254 e. The highest BCUT2D eigenvalue weighted by atomic mass is 16.7. The molecule has 0 aliphatic carbocycles. The first-order valence-corrected chi connectivity index (χ1v) is 9.10. The highest BCUT2D eigenvalue weighted by molar-refractivity contribution is 5.95. The van der Waals surface area contributed by atoms with Crippen LogP contribution in [0.5, 0.6) is 17.2 Å². The van der Waals surface area contributed by atoms with Crippen molar-refractivity contribution in [2.75, 3.05) is 26.5 Å². The summed E-state index contributed by atoms with van der Waals surface area (Å²) >= 11 is 0. The summed E-state index contributed by atoms with van der Waals surface area (Å²) in [5.74, 6) is 2.05. The topological polar surface area (TPSA) is 70.1 Å². The molecule has 4 heterocycles. The van der Waals surface area contributed by atoms with Gasteiger partial charge in [-0.15, -0.1) is 0 Å². The number of nitrogens with zero attached hydrogens (tertiary/aromatic N) is 2. The molecule has 3 aliphatic heterocycles. The Morgan fingerprint density at radius 3 is 2.96 bits per heavy atom. The number of aromatic nitrogens is 1. The molecule has 0 radical (unpaired) electrons. The molecule has 3 aliphatic rings. The van der Waals surface area contributed by atoms with E-state index in [0.29, 0.717) is 36.8 Å². The largest absolute Gasteiger partial charge is 0.489 e. The molecule has 2 fully saturated rings. The Balaban J connectivity index is 1.22. The quantitative estimate of drug-likeness (QED) is 0.828. The minimum absolute atomic E-state index is 0.0159. The number of benzene rings is 1. The summed E-state index contributed by atoms with van der Waals surface area (Å²) in [5.41, 5.74) is 0.296. The Bertz CT molecular complexity index is 851. The van der Waals surface area contributed by atoms with Crippen LogP contribution in [-0.4, -0.2) is 54.0 Å². The molecule has 0 saturated carbocycles. The summed E-state index contributed by atoms with van der Waals surface area (Å²) < 4.78 is 22.7. The number of rotatable bonds is 3. The Kier molecular flexibility index (Phi) is 3.89. The van der Waals surface area contributed by atoms with Crippen molar-refractivity contribution in [1.82, 2.24) is 9.88 Å². The van der Waals surface area contributed by atoms with E-state index in [2.05, 4.69) is 4.98 Å². The molecule has 27 heavy (non-hydrogen) atoms. The molecule has 1 atom stereocenters. The van der Waals surface area contributed by atoms with Crippen LogP contribution in [0.4, 0.5) is 0 Å². The lowest BCUT2D eigenvalue weighted by molar-refractivity contribution is -0.173. The number of carbonyl (C=O) groups excluding carboxylic acids is 1. The standard InChI is InChI=1S/C20H20N2O5/c23-19(14-3-4-17-18(8-14)25-13-24-17)22-11-20(12-22)9-15(5-7-26-20)27-16-2-1-6-21-10-16/h1-4,6,8,10,15H,5,7,9,11-13H2. The lowest BCUT2D eigenvalue weighted by Gasteiger charge is -2.52. The van der Waals surface area contributed by atoms with Crippen LogP contribution in [0.3, 0.4) is 0 Å². The predicted molar refractivity (Wildman–Crippen MR) is 95.0 cm³/mol. The van der Waals surface area contributed by atoms with Crippen molar-refractivity contribution in [2.24, 2.45) is 0 Å². The highest BCUT2D eigenvalue weighted by Gasteiger charge is 2.50. The van der Waals surface area contributed by atoms with Crippen molar-refractivity contribution in [1.29, 1.82) is 0 Å². The number of ether oxygens (including phenoxy) is 4. The summed E-state index contributed by atoms with van der Waals surface area (Å²) in [7, 11) is 0. The van der Waals surface area contributed by atoms with Crippen molar-refractivity contribution in [2.45, 2.75) is 24.5 Å². The zero-order valence-corrected chi connectivity index (χ0v) is 14.8. The van der Waals surface area contributed by atoms with Gasteiger partial charge in [-0.25, -0.2) is 0 Å². The van der Waals surface area contributed by atoms with Crippen molar-refractivity contribution in [3.8, 4) is 17.2 Å². The molecule has 5 rings (SSSR count). The molecular weight excluding hydrogens is 348 g/mol. The highest BCUT2D eigenvalue weighted by Crippen LogP contribution is 2.38. The van der Waals surface area contributed by atoms with Gasteiger partial charge in [0, 0.05) is 24.6 Å². The molecule has 1 aromatic heterocycles. The van der Waals surface area contributed by atoms with Gasteiger partial charge in [0.05, 0.1) is 25.9 Å². The van der Waals surface area contributed by atoms with E-state index in [1.807, 2.05) is 17.0 Å². The van der Waals surface area contributed by atoms with E-state index in [1.54, 1.807) is 30.6 Å². The Hall–Kier alpha value is -2.80. The normalized spacial score (nSPS) is 22.4. The molecule has 7 nitrogen and oxygen atoms in total. The first-order chi connectivity index (χ1) is 13.2. The zero-order chi connectivity index (χ0) is 18.3. The predicted octanol–water partition coefficient (Wildman–Crippen LogP) is 2.26. The molecule has 140 valence electrons. The van der Waals surface area contributed by atoms with Gasteiger partial charge in [-0.3, -0.25) is 9.78 Å². The number of fused-ring (bicyclic) bond motifs is 1. The molecule has 1 spiro atoms. The number of hydrogen-bond donors (Lipinski definition) is 0. The maximum absolute atomic E-state index is 12.8. The Morgan fingerprint density at radius 2 is 2.11 bits per heavy atom. The fourth-order valence-corrected chi connectivity index (χ4v) is 3.92. The second-order valence-corrected chi connectivity index (χ2v) is 7.18. The second kappa shape index (κ2) is 6.42. The van der Waals surface area contributed by atoms with Crippen LogP contribution in [0.25, 0.3) is 0 Å². The van der Waals surface area contributed by atoms with Crippen molar-refractivity contribution in [3.05, 3.63) is 48.3 Å². The number of carbonyl (C=O) groups is 1. The van der Waals surface area contributed by atoms with Gasteiger partial charge in [0.15, 0.2) is 11.5 Å². The molecule has 1 amide bonds. The minimum atomic E-state index is -0.308. The van der Waals surface area contributed by atoms with Gasteiger partial charge in [0.1, 0.15) is 17.5 Å². The molecular formula is C20H20N2O5. The number of amides is 1. The smallest absolute Gasteiger partial charge is 0.254 e. The lowest BCUT2D eigenvalue weighted by atomic mass is 9.84. The molecule has 0 bridgehead atoms. The van der Waals surface area contributed by atoms with Crippen LogP contribution in [0.2, 0.25) is 0 Å². The van der Waals surface area contributed by atoms with E-state index in [0.717, 1.165) is 18.6 Å². The SMILES string of the molecule is O=C(c1ccc2c(c1)OCO2)N1CC2(CC(Oc3cccnc3)CCO2)C1.